The maximum Gasteiger partial charge on any atom is 0.233 e. The highest BCUT2D eigenvalue weighted by Gasteiger charge is 2.61. The molecule has 0 aliphatic heterocycles. The Hall–Kier alpha value is 0.240. The van der Waals surface area contributed by atoms with Crippen molar-refractivity contribution in [1.29, 1.82) is 0 Å². The van der Waals surface area contributed by atoms with Crippen molar-refractivity contribution >= 4 is 19.7 Å². The molecule has 2 nitrogen and oxygen atoms in total. The molecule has 0 atom stereocenters. The highest BCUT2D eigenvalue weighted by Crippen LogP contribution is 2.67. The summed E-state index contributed by atoms with van der Waals surface area (Å²) < 4.78 is 23.0. The molecular weight excluding hydrogens is 268 g/mol. The SMILES string of the molecule is O=S(=O)(Cl)CC1(C2C3CC4CC(C3)CC2C4)CC1. The van der Waals surface area contributed by atoms with Crippen LogP contribution in [-0.2, 0) is 9.05 Å². The lowest BCUT2D eigenvalue weighted by Crippen LogP contribution is -2.49. The first-order chi connectivity index (χ1) is 8.45. The van der Waals surface area contributed by atoms with Crippen LogP contribution in [0, 0.1) is 35.0 Å². The Labute approximate surface area is 114 Å². The molecule has 5 saturated carbocycles. The third kappa shape index (κ3) is 1.84. The Morgan fingerprint density at radius 1 is 0.944 bits per heavy atom. The maximum atomic E-state index is 11.5. The molecular formula is C14H21ClO2S. The predicted octanol–water partition coefficient (Wildman–Crippen LogP) is 3.41. The lowest BCUT2D eigenvalue weighted by atomic mass is 9.49. The second-order valence-corrected chi connectivity index (χ2v) is 10.3. The smallest absolute Gasteiger partial charge is 0.212 e. The molecule has 0 aromatic heterocycles. The van der Waals surface area contributed by atoms with E-state index >= 15 is 0 Å². The fraction of sp³-hybridized carbons (Fsp3) is 1.00. The van der Waals surface area contributed by atoms with E-state index in [1.54, 1.807) is 0 Å². The molecule has 5 aliphatic rings. The normalized spacial score (nSPS) is 48.4. The summed E-state index contributed by atoms with van der Waals surface area (Å²) in [5.41, 5.74) is 0.0865. The zero-order chi connectivity index (χ0) is 12.5. The van der Waals surface area contributed by atoms with Gasteiger partial charge >= 0.3 is 0 Å². The van der Waals surface area contributed by atoms with Crippen LogP contribution in [-0.4, -0.2) is 14.2 Å². The molecule has 0 amide bonds. The number of hydrogen-bond donors (Lipinski definition) is 0. The van der Waals surface area contributed by atoms with Gasteiger partial charge in [-0.1, -0.05) is 0 Å². The van der Waals surface area contributed by atoms with Gasteiger partial charge in [0.2, 0.25) is 9.05 Å². The maximum absolute atomic E-state index is 11.5. The molecule has 0 unspecified atom stereocenters. The summed E-state index contributed by atoms with van der Waals surface area (Å²) in [4.78, 5) is 0. The van der Waals surface area contributed by atoms with Gasteiger partial charge in [-0.3, -0.25) is 0 Å². The van der Waals surface area contributed by atoms with Gasteiger partial charge < -0.3 is 0 Å². The van der Waals surface area contributed by atoms with E-state index in [1.807, 2.05) is 0 Å². The Morgan fingerprint density at radius 3 is 1.83 bits per heavy atom. The van der Waals surface area contributed by atoms with Crippen LogP contribution in [0.25, 0.3) is 0 Å². The lowest BCUT2D eigenvalue weighted by Gasteiger charge is -2.57. The molecule has 4 heteroatoms. The van der Waals surface area contributed by atoms with Gasteiger partial charge in [0.1, 0.15) is 0 Å². The molecule has 0 N–H and O–H groups in total. The van der Waals surface area contributed by atoms with Crippen LogP contribution in [0.1, 0.15) is 44.9 Å². The number of hydrogen-bond acceptors (Lipinski definition) is 2. The first-order valence-electron chi connectivity index (χ1n) is 7.37. The first kappa shape index (κ1) is 12.0. The van der Waals surface area contributed by atoms with E-state index in [0.29, 0.717) is 5.92 Å². The van der Waals surface area contributed by atoms with E-state index in [-0.39, 0.29) is 11.2 Å². The molecule has 5 fully saturated rings. The standard InChI is InChI=1S/C14H21ClO2S/c15-18(16,17)8-14(1-2-14)13-11-4-9-3-10(6-11)7-12(13)5-9/h9-13H,1-8H2. The quantitative estimate of drug-likeness (QED) is 0.746. The van der Waals surface area contributed by atoms with Gasteiger partial charge in [-0.05, 0) is 80.0 Å². The molecule has 5 aliphatic carbocycles. The average Bonchev–Trinajstić information content (AvgIpc) is 2.93. The molecule has 0 aromatic rings. The van der Waals surface area contributed by atoms with Gasteiger partial charge in [-0.15, -0.1) is 0 Å². The van der Waals surface area contributed by atoms with Crippen LogP contribution in [0.5, 0.6) is 0 Å². The van der Waals surface area contributed by atoms with Crippen molar-refractivity contribution in [2.75, 3.05) is 5.75 Å². The summed E-state index contributed by atoms with van der Waals surface area (Å²) in [5.74, 6) is 4.50. The Morgan fingerprint density at radius 2 is 1.44 bits per heavy atom. The molecule has 0 saturated heterocycles. The van der Waals surface area contributed by atoms with Crippen LogP contribution in [0.4, 0.5) is 0 Å². The van der Waals surface area contributed by atoms with Crippen molar-refractivity contribution < 1.29 is 8.42 Å². The van der Waals surface area contributed by atoms with Crippen molar-refractivity contribution in [3.63, 3.8) is 0 Å². The van der Waals surface area contributed by atoms with Gasteiger partial charge in [0.15, 0.2) is 0 Å². The van der Waals surface area contributed by atoms with Crippen LogP contribution < -0.4 is 0 Å². The summed E-state index contributed by atoms with van der Waals surface area (Å²) in [7, 11) is 2.21. The second kappa shape index (κ2) is 3.66. The van der Waals surface area contributed by atoms with E-state index in [9.17, 15) is 8.42 Å². The van der Waals surface area contributed by atoms with Gasteiger partial charge in [0.25, 0.3) is 0 Å². The molecule has 0 aromatic carbocycles. The molecule has 102 valence electrons. The van der Waals surface area contributed by atoms with Crippen molar-refractivity contribution in [1.82, 2.24) is 0 Å². The number of rotatable bonds is 3. The monoisotopic (exact) mass is 288 g/mol. The average molecular weight is 289 g/mol. The zero-order valence-corrected chi connectivity index (χ0v) is 12.2. The highest BCUT2D eigenvalue weighted by atomic mass is 35.7. The van der Waals surface area contributed by atoms with Crippen LogP contribution in [0.15, 0.2) is 0 Å². The van der Waals surface area contributed by atoms with Crippen LogP contribution in [0.3, 0.4) is 0 Å². The second-order valence-electron chi connectivity index (χ2n) is 7.50. The molecule has 18 heavy (non-hydrogen) atoms. The van der Waals surface area contributed by atoms with E-state index < -0.39 is 9.05 Å². The van der Waals surface area contributed by atoms with E-state index in [0.717, 1.165) is 36.5 Å². The lowest BCUT2D eigenvalue weighted by molar-refractivity contribution is -0.0641. The van der Waals surface area contributed by atoms with Gasteiger partial charge in [-0.25, -0.2) is 8.42 Å². The first-order valence-corrected chi connectivity index (χ1v) is 9.85. The summed E-state index contributed by atoms with van der Waals surface area (Å²) >= 11 is 0. The number of halogens is 1. The van der Waals surface area contributed by atoms with Gasteiger partial charge in [0, 0.05) is 10.7 Å². The third-order valence-corrected chi connectivity index (χ3v) is 7.53. The zero-order valence-electron chi connectivity index (χ0n) is 10.6. The van der Waals surface area contributed by atoms with Gasteiger partial charge in [-0.2, -0.15) is 0 Å². The van der Waals surface area contributed by atoms with Crippen molar-refractivity contribution in [2.45, 2.75) is 44.9 Å². The van der Waals surface area contributed by atoms with Crippen molar-refractivity contribution in [3.8, 4) is 0 Å². The summed E-state index contributed by atoms with van der Waals surface area (Å²) in [5, 5.41) is 0. The minimum atomic E-state index is -3.33. The van der Waals surface area contributed by atoms with E-state index in [2.05, 4.69) is 0 Å². The molecule has 0 radical (unpaired) electrons. The van der Waals surface area contributed by atoms with Gasteiger partial charge in [0.05, 0.1) is 5.75 Å². The molecule has 0 spiro atoms. The molecule has 5 rings (SSSR count). The fourth-order valence-electron chi connectivity index (χ4n) is 6.00. The van der Waals surface area contributed by atoms with Crippen LogP contribution in [0.2, 0.25) is 0 Å². The Kier molecular flexibility index (Phi) is 2.44. The topological polar surface area (TPSA) is 34.1 Å². The van der Waals surface area contributed by atoms with E-state index in [1.165, 1.54) is 32.1 Å². The molecule has 4 bridgehead atoms. The highest BCUT2D eigenvalue weighted by molar-refractivity contribution is 8.13. The minimum Gasteiger partial charge on any atom is -0.212 e. The van der Waals surface area contributed by atoms with Crippen molar-refractivity contribution in [3.05, 3.63) is 0 Å². The van der Waals surface area contributed by atoms with Crippen molar-refractivity contribution in [2.24, 2.45) is 35.0 Å². The minimum absolute atomic E-state index is 0.0865. The Balaban J connectivity index is 1.62. The fourth-order valence-corrected chi connectivity index (χ4v) is 7.82. The predicted molar refractivity (Wildman–Crippen MR) is 71.8 cm³/mol. The molecule has 0 heterocycles. The summed E-state index contributed by atoms with van der Waals surface area (Å²) in [6, 6.07) is 0. The largest absolute Gasteiger partial charge is 0.233 e. The van der Waals surface area contributed by atoms with E-state index in [4.69, 9.17) is 10.7 Å². The van der Waals surface area contributed by atoms with Crippen LogP contribution >= 0.6 is 10.7 Å². The third-order valence-electron chi connectivity index (χ3n) is 6.29. The summed E-state index contributed by atoms with van der Waals surface area (Å²) in [6.45, 7) is 0. The summed E-state index contributed by atoms with van der Waals surface area (Å²) in [6.07, 6.45) is 9.17. The Bertz CT molecular complexity index is 438.